The summed E-state index contributed by atoms with van der Waals surface area (Å²) in [7, 11) is 3.29. The number of carboxylic acids is 1. The SMILES string of the molecule is COc1ccccc1Nc1nc2ccc(CC(=O)N(C)c3ccc(C4CN(C(=O)c5ccncc5)CC4C(=O)O)cc3)cc2o1. The van der Waals surface area contributed by atoms with Gasteiger partial charge in [-0.1, -0.05) is 30.3 Å². The van der Waals surface area contributed by atoms with E-state index in [2.05, 4.69) is 15.3 Å². The fourth-order valence-electron chi connectivity index (χ4n) is 5.61. The van der Waals surface area contributed by atoms with Crippen molar-refractivity contribution in [1.29, 1.82) is 0 Å². The van der Waals surface area contributed by atoms with Crippen LogP contribution in [-0.2, 0) is 16.0 Å². The minimum Gasteiger partial charge on any atom is -0.495 e. The molecule has 3 aromatic carbocycles. The summed E-state index contributed by atoms with van der Waals surface area (Å²) in [5, 5.41) is 13.0. The first-order valence-electron chi connectivity index (χ1n) is 14.4. The molecule has 0 saturated carbocycles. The molecule has 2 unspecified atom stereocenters. The highest BCUT2D eigenvalue weighted by molar-refractivity contribution is 5.95. The van der Waals surface area contributed by atoms with Crippen LogP contribution in [0.5, 0.6) is 5.75 Å². The smallest absolute Gasteiger partial charge is 0.308 e. The minimum atomic E-state index is -0.951. The third-order valence-electron chi connectivity index (χ3n) is 8.09. The number of nitrogens with zero attached hydrogens (tertiary/aromatic N) is 4. The molecule has 11 nitrogen and oxygen atoms in total. The zero-order chi connectivity index (χ0) is 31.5. The molecule has 5 aromatic rings. The van der Waals surface area contributed by atoms with Crippen LogP contribution >= 0.6 is 0 Å². The number of aromatic nitrogens is 2. The largest absolute Gasteiger partial charge is 0.495 e. The first-order valence-corrected chi connectivity index (χ1v) is 14.4. The van der Waals surface area contributed by atoms with E-state index in [0.29, 0.717) is 34.1 Å². The number of oxazole rings is 1. The number of methoxy groups -OCH3 is 1. The molecule has 228 valence electrons. The number of ether oxygens (including phenoxy) is 1. The van der Waals surface area contributed by atoms with Crippen molar-refractivity contribution in [2.45, 2.75) is 12.3 Å². The Hall–Kier alpha value is -5.71. The summed E-state index contributed by atoms with van der Waals surface area (Å²) in [6, 6.07) is 23.7. The van der Waals surface area contributed by atoms with Crippen molar-refractivity contribution in [3.8, 4) is 5.75 Å². The topological polar surface area (TPSA) is 138 Å². The van der Waals surface area contributed by atoms with Crippen molar-refractivity contribution in [3.63, 3.8) is 0 Å². The number of likely N-dealkylation sites (N-methyl/N-ethyl adjacent to an activating group) is 1. The number of aliphatic carboxylic acids is 1. The third kappa shape index (κ3) is 6.19. The van der Waals surface area contributed by atoms with Gasteiger partial charge >= 0.3 is 5.97 Å². The lowest BCUT2D eigenvalue weighted by Crippen LogP contribution is -2.29. The lowest BCUT2D eigenvalue weighted by Gasteiger charge is -2.20. The molecule has 1 aliphatic heterocycles. The Bertz CT molecular complexity index is 1860. The van der Waals surface area contributed by atoms with E-state index in [1.165, 1.54) is 12.4 Å². The predicted molar refractivity (Wildman–Crippen MR) is 168 cm³/mol. The molecule has 3 heterocycles. The molecule has 0 bridgehead atoms. The van der Waals surface area contributed by atoms with E-state index in [9.17, 15) is 19.5 Å². The van der Waals surface area contributed by atoms with Crippen LogP contribution in [0.3, 0.4) is 0 Å². The number of benzene rings is 3. The van der Waals surface area contributed by atoms with Crippen molar-refractivity contribution in [2.75, 3.05) is 37.5 Å². The summed E-state index contributed by atoms with van der Waals surface area (Å²) >= 11 is 0. The Morgan fingerprint density at radius 3 is 2.51 bits per heavy atom. The molecule has 2 N–H and O–H groups in total. The molecule has 11 heteroatoms. The monoisotopic (exact) mass is 605 g/mol. The van der Waals surface area contributed by atoms with E-state index in [-0.39, 0.29) is 37.2 Å². The maximum atomic E-state index is 13.2. The van der Waals surface area contributed by atoms with Crippen LogP contribution in [0.1, 0.15) is 27.4 Å². The van der Waals surface area contributed by atoms with Gasteiger partial charge in [0.1, 0.15) is 11.3 Å². The average molecular weight is 606 g/mol. The number of hydrogen-bond donors (Lipinski definition) is 2. The molecule has 1 fully saturated rings. The Kier molecular flexibility index (Phi) is 8.15. The molecule has 0 aliphatic carbocycles. The van der Waals surface area contributed by atoms with Crippen molar-refractivity contribution in [1.82, 2.24) is 14.9 Å². The van der Waals surface area contributed by atoms with Crippen LogP contribution in [0.4, 0.5) is 17.4 Å². The number of carbonyl (C=O) groups is 3. The molecule has 6 rings (SSSR count). The number of hydrogen-bond acceptors (Lipinski definition) is 8. The van der Waals surface area contributed by atoms with Crippen molar-refractivity contribution >= 4 is 46.3 Å². The van der Waals surface area contributed by atoms with Gasteiger partial charge in [0.25, 0.3) is 11.9 Å². The van der Waals surface area contributed by atoms with Gasteiger partial charge in [0.05, 0.1) is 25.1 Å². The van der Waals surface area contributed by atoms with Gasteiger partial charge in [-0.25, -0.2) is 0 Å². The molecule has 2 amide bonds. The van der Waals surface area contributed by atoms with Gasteiger partial charge in [0.15, 0.2) is 5.58 Å². The molecular formula is C34H31N5O6. The molecule has 0 radical (unpaired) electrons. The minimum absolute atomic E-state index is 0.120. The Morgan fingerprint density at radius 1 is 1.02 bits per heavy atom. The summed E-state index contributed by atoms with van der Waals surface area (Å²) in [4.78, 5) is 49.9. The number of rotatable bonds is 9. The Labute approximate surface area is 259 Å². The summed E-state index contributed by atoms with van der Waals surface area (Å²) in [5.41, 5.74) is 4.62. The van der Waals surface area contributed by atoms with E-state index < -0.39 is 11.9 Å². The number of fused-ring (bicyclic) bond motifs is 1. The number of carboxylic acid groups (broad SMARTS) is 1. The maximum absolute atomic E-state index is 13.2. The zero-order valence-corrected chi connectivity index (χ0v) is 24.7. The number of likely N-dealkylation sites (tertiary alicyclic amines) is 1. The fraction of sp³-hybridized carbons (Fsp3) is 0.206. The second-order valence-electron chi connectivity index (χ2n) is 10.9. The number of carbonyl (C=O) groups excluding carboxylic acids is 2. The number of nitrogens with one attached hydrogen (secondary N) is 1. The number of pyridine rings is 1. The number of amides is 2. The summed E-state index contributed by atoms with van der Waals surface area (Å²) in [5.74, 6) is -1.76. The van der Waals surface area contributed by atoms with E-state index >= 15 is 0 Å². The van der Waals surface area contributed by atoms with Crippen LogP contribution in [0.15, 0.2) is 95.7 Å². The lowest BCUT2D eigenvalue weighted by molar-refractivity contribution is -0.141. The van der Waals surface area contributed by atoms with E-state index in [0.717, 1.165) is 16.8 Å². The average Bonchev–Trinajstić information content (AvgIpc) is 3.69. The van der Waals surface area contributed by atoms with Crippen LogP contribution in [0, 0.1) is 5.92 Å². The van der Waals surface area contributed by atoms with Gasteiger partial charge in [-0.2, -0.15) is 4.98 Å². The van der Waals surface area contributed by atoms with Gasteiger partial charge in [-0.15, -0.1) is 0 Å². The predicted octanol–water partition coefficient (Wildman–Crippen LogP) is 5.12. The van der Waals surface area contributed by atoms with Crippen LogP contribution in [0.25, 0.3) is 11.1 Å². The second-order valence-corrected chi connectivity index (χ2v) is 10.9. The Balaban J connectivity index is 1.12. The molecular weight excluding hydrogens is 574 g/mol. The summed E-state index contributed by atoms with van der Waals surface area (Å²) in [6.07, 6.45) is 3.22. The van der Waals surface area contributed by atoms with E-state index in [1.54, 1.807) is 54.3 Å². The number of anilines is 3. The van der Waals surface area contributed by atoms with Gasteiger partial charge in [-0.3, -0.25) is 19.4 Å². The van der Waals surface area contributed by atoms with Gasteiger partial charge in [-0.05, 0) is 59.7 Å². The maximum Gasteiger partial charge on any atom is 0.308 e. The van der Waals surface area contributed by atoms with Gasteiger partial charge in [0, 0.05) is 49.7 Å². The molecule has 2 aromatic heterocycles. The standard InChI is InChI=1S/C34H31N5O6/c1-38(31(40)18-21-7-12-28-30(17-21)45-34(37-28)36-27-5-3-4-6-29(27)44-2)24-10-8-22(9-11-24)25-19-39(20-26(25)33(42)43)32(41)23-13-15-35-16-14-23/h3-17,25-26H,18-20H2,1-2H3,(H,36,37)(H,42,43). The highest BCUT2D eigenvalue weighted by Gasteiger charge is 2.40. The highest BCUT2D eigenvalue weighted by atomic mass is 16.5. The Morgan fingerprint density at radius 2 is 1.78 bits per heavy atom. The molecule has 0 spiro atoms. The quantitative estimate of drug-likeness (QED) is 0.234. The number of para-hydroxylation sites is 2. The lowest BCUT2D eigenvalue weighted by atomic mass is 9.89. The van der Waals surface area contributed by atoms with E-state index in [4.69, 9.17) is 9.15 Å². The first kappa shape index (κ1) is 29.4. The molecule has 1 aliphatic rings. The fourth-order valence-corrected chi connectivity index (χ4v) is 5.61. The van der Waals surface area contributed by atoms with E-state index in [1.807, 2.05) is 48.5 Å². The molecule has 1 saturated heterocycles. The summed E-state index contributed by atoms with van der Waals surface area (Å²) < 4.78 is 11.3. The van der Waals surface area contributed by atoms with Crippen LogP contribution < -0.4 is 15.0 Å². The normalized spacial score (nSPS) is 16.0. The zero-order valence-electron chi connectivity index (χ0n) is 24.7. The molecule has 2 atom stereocenters. The van der Waals surface area contributed by atoms with Crippen molar-refractivity contribution < 1.29 is 28.6 Å². The van der Waals surface area contributed by atoms with Crippen molar-refractivity contribution in [2.24, 2.45) is 5.92 Å². The first-order chi connectivity index (χ1) is 21.8. The second kappa shape index (κ2) is 12.5. The summed E-state index contributed by atoms with van der Waals surface area (Å²) in [6.45, 7) is 0.404. The molecule has 45 heavy (non-hydrogen) atoms. The third-order valence-corrected chi connectivity index (χ3v) is 8.09. The van der Waals surface area contributed by atoms with Gasteiger partial charge in [0.2, 0.25) is 5.91 Å². The van der Waals surface area contributed by atoms with Crippen LogP contribution in [0.2, 0.25) is 0 Å². The van der Waals surface area contributed by atoms with Crippen LogP contribution in [-0.4, -0.2) is 65.0 Å². The van der Waals surface area contributed by atoms with Gasteiger partial charge < -0.3 is 29.4 Å². The highest BCUT2D eigenvalue weighted by Crippen LogP contribution is 2.35. The van der Waals surface area contributed by atoms with Crippen molar-refractivity contribution in [3.05, 3.63) is 108 Å².